The van der Waals surface area contributed by atoms with Crippen LogP contribution in [0.15, 0.2) is 59.9 Å². The van der Waals surface area contributed by atoms with Crippen molar-refractivity contribution < 1.29 is 4.74 Å². The summed E-state index contributed by atoms with van der Waals surface area (Å²) < 4.78 is 8.02. The third kappa shape index (κ3) is 6.12. The Labute approximate surface area is 183 Å². The molecule has 3 aromatic rings. The summed E-state index contributed by atoms with van der Waals surface area (Å²) >= 11 is 0. The van der Waals surface area contributed by atoms with Gasteiger partial charge in [0.1, 0.15) is 17.5 Å². The third-order valence-electron chi connectivity index (χ3n) is 4.29. The molecule has 1 aromatic carbocycles. The lowest BCUT2D eigenvalue weighted by atomic mass is 10.2. The Morgan fingerprint density at radius 1 is 1.18 bits per heavy atom. The van der Waals surface area contributed by atoms with E-state index in [0.29, 0.717) is 6.54 Å². The van der Waals surface area contributed by atoms with E-state index in [0.717, 1.165) is 41.6 Å². The van der Waals surface area contributed by atoms with Crippen LogP contribution in [0.3, 0.4) is 0 Å². The van der Waals surface area contributed by atoms with Gasteiger partial charge in [0.2, 0.25) is 0 Å². The zero-order chi connectivity index (χ0) is 19.1. The lowest BCUT2D eigenvalue weighted by Crippen LogP contribution is -2.42. The normalized spacial score (nSPS) is 12.3. The Bertz CT molecular complexity index is 875. The average Bonchev–Trinajstić information content (AvgIpc) is 3.09. The maximum Gasteiger partial charge on any atom is 0.191 e. The number of rotatable bonds is 7. The van der Waals surface area contributed by atoms with Crippen LogP contribution in [0.1, 0.15) is 18.2 Å². The van der Waals surface area contributed by atoms with E-state index < -0.39 is 0 Å². The van der Waals surface area contributed by atoms with Crippen molar-refractivity contribution in [1.29, 1.82) is 0 Å². The minimum absolute atomic E-state index is 0. The molecule has 7 heteroatoms. The molecule has 0 spiro atoms. The highest BCUT2D eigenvalue weighted by atomic mass is 127. The first kappa shape index (κ1) is 22.0. The van der Waals surface area contributed by atoms with Gasteiger partial charge in [0.25, 0.3) is 0 Å². The molecule has 0 fully saturated rings. The van der Waals surface area contributed by atoms with Crippen LogP contribution in [-0.2, 0) is 6.42 Å². The minimum atomic E-state index is 0. The molecule has 2 aromatic heterocycles. The Kier molecular flexibility index (Phi) is 8.56. The van der Waals surface area contributed by atoms with Gasteiger partial charge >= 0.3 is 0 Å². The quantitative estimate of drug-likeness (QED) is 0.301. The van der Waals surface area contributed by atoms with Crippen molar-refractivity contribution in [2.24, 2.45) is 4.99 Å². The SMILES string of the molecule is CN=C(NCCc1cn2ccccc2n1)NCC(C)Oc1ccccc1C.I. The van der Waals surface area contributed by atoms with Crippen LogP contribution in [-0.4, -0.2) is 41.6 Å². The summed E-state index contributed by atoms with van der Waals surface area (Å²) in [6.07, 6.45) is 4.93. The number of hydrogen-bond donors (Lipinski definition) is 2. The summed E-state index contributed by atoms with van der Waals surface area (Å²) in [4.78, 5) is 8.88. The molecule has 28 heavy (non-hydrogen) atoms. The maximum atomic E-state index is 5.99. The molecule has 2 heterocycles. The minimum Gasteiger partial charge on any atom is -0.489 e. The Balaban J connectivity index is 0.00000280. The molecule has 2 N–H and O–H groups in total. The van der Waals surface area contributed by atoms with Gasteiger partial charge < -0.3 is 19.8 Å². The van der Waals surface area contributed by atoms with Crippen LogP contribution in [0.2, 0.25) is 0 Å². The average molecular weight is 493 g/mol. The van der Waals surface area contributed by atoms with Crippen molar-refractivity contribution in [3.63, 3.8) is 0 Å². The predicted molar refractivity (Wildman–Crippen MR) is 125 cm³/mol. The molecule has 1 unspecified atom stereocenters. The van der Waals surface area contributed by atoms with Crippen LogP contribution in [0.5, 0.6) is 5.75 Å². The van der Waals surface area contributed by atoms with Crippen LogP contribution >= 0.6 is 24.0 Å². The van der Waals surface area contributed by atoms with E-state index in [1.165, 1.54) is 0 Å². The molecule has 3 rings (SSSR count). The molecular weight excluding hydrogens is 465 g/mol. The fourth-order valence-corrected chi connectivity index (χ4v) is 2.82. The molecule has 0 saturated carbocycles. The number of imidazole rings is 1. The van der Waals surface area contributed by atoms with Gasteiger partial charge in [0.05, 0.1) is 12.2 Å². The van der Waals surface area contributed by atoms with Crippen molar-refractivity contribution >= 4 is 35.6 Å². The summed E-state index contributed by atoms with van der Waals surface area (Å²) in [5.41, 5.74) is 3.16. The van der Waals surface area contributed by atoms with E-state index in [-0.39, 0.29) is 30.1 Å². The number of nitrogens with zero attached hydrogens (tertiary/aromatic N) is 3. The maximum absolute atomic E-state index is 5.99. The number of ether oxygens (including phenoxy) is 1. The van der Waals surface area contributed by atoms with Crippen LogP contribution in [0.25, 0.3) is 5.65 Å². The van der Waals surface area contributed by atoms with Gasteiger partial charge in [0.15, 0.2) is 5.96 Å². The van der Waals surface area contributed by atoms with Crippen molar-refractivity contribution in [3.8, 4) is 5.75 Å². The molecule has 1 atom stereocenters. The van der Waals surface area contributed by atoms with Gasteiger partial charge in [-0.25, -0.2) is 4.98 Å². The number of halogens is 1. The number of aromatic nitrogens is 2. The summed E-state index contributed by atoms with van der Waals surface area (Å²) in [5, 5.41) is 6.64. The smallest absolute Gasteiger partial charge is 0.191 e. The number of pyridine rings is 1. The van der Waals surface area contributed by atoms with Gasteiger partial charge in [0, 0.05) is 32.4 Å². The van der Waals surface area contributed by atoms with E-state index in [1.54, 1.807) is 7.05 Å². The summed E-state index contributed by atoms with van der Waals surface area (Å²) in [6, 6.07) is 14.1. The molecule has 6 nitrogen and oxygen atoms in total. The Morgan fingerprint density at radius 2 is 1.96 bits per heavy atom. The molecule has 0 amide bonds. The molecule has 0 bridgehead atoms. The summed E-state index contributed by atoms with van der Waals surface area (Å²) in [5.74, 6) is 1.68. The molecule has 0 aliphatic heterocycles. The largest absolute Gasteiger partial charge is 0.489 e. The molecule has 0 aliphatic rings. The summed E-state index contributed by atoms with van der Waals surface area (Å²) in [7, 11) is 1.77. The molecule has 150 valence electrons. The van der Waals surface area contributed by atoms with Gasteiger partial charge in [-0.2, -0.15) is 0 Å². The van der Waals surface area contributed by atoms with E-state index in [9.17, 15) is 0 Å². The van der Waals surface area contributed by atoms with Gasteiger partial charge in [-0.05, 0) is 37.6 Å². The molecule has 0 radical (unpaired) electrons. The summed E-state index contributed by atoms with van der Waals surface area (Å²) in [6.45, 7) is 5.53. The first-order valence-electron chi connectivity index (χ1n) is 9.25. The second kappa shape index (κ2) is 10.9. The van der Waals surface area contributed by atoms with Crippen molar-refractivity contribution in [2.45, 2.75) is 26.4 Å². The van der Waals surface area contributed by atoms with Gasteiger partial charge in [-0.1, -0.05) is 24.3 Å². The fourth-order valence-electron chi connectivity index (χ4n) is 2.82. The van der Waals surface area contributed by atoms with Crippen molar-refractivity contribution in [1.82, 2.24) is 20.0 Å². The topological polar surface area (TPSA) is 63.0 Å². The number of benzene rings is 1. The lowest BCUT2D eigenvalue weighted by molar-refractivity contribution is 0.222. The molecular formula is C21H28IN5O. The highest BCUT2D eigenvalue weighted by Crippen LogP contribution is 2.17. The molecule has 0 aliphatic carbocycles. The monoisotopic (exact) mass is 493 g/mol. The van der Waals surface area contributed by atoms with E-state index >= 15 is 0 Å². The number of nitrogens with one attached hydrogen (secondary N) is 2. The van der Waals surface area contributed by atoms with Crippen molar-refractivity contribution in [3.05, 3.63) is 66.1 Å². The second-order valence-corrected chi connectivity index (χ2v) is 6.52. The number of aliphatic imine (C=N–C) groups is 1. The second-order valence-electron chi connectivity index (χ2n) is 6.52. The first-order chi connectivity index (χ1) is 13.2. The third-order valence-corrected chi connectivity index (χ3v) is 4.29. The van der Waals surface area contributed by atoms with Crippen LogP contribution in [0.4, 0.5) is 0 Å². The van der Waals surface area contributed by atoms with Crippen LogP contribution < -0.4 is 15.4 Å². The number of aryl methyl sites for hydroxylation is 1. The highest BCUT2D eigenvalue weighted by Gasteiger charge is 2.07. The lowest BCUT2D eigenvalue weighted by Gasteiger charge is -2.18. The standard InChI is InChI=1S/C21H27N5O.HI/c1-16-8-4-5-9-19(16)27-17(2)14-24-21(22-3)23-12-11-18-15-26-13-7-6-10-20(26)25-18;/h4-10,13,15,17H,11-12,14H2,1-3H3,(H2,22,23,24);1H. The van der Waals surface area contributed by atoms with Crippen LogP contribution in [0, 0.1) is 6.92 Å². The number of para-hydroxylation sites is 1. The molecule has 0 saturated heterocycles. The number of fused-ring (bicyclic) bond motifs is 1. The van der Waals surface area contributed by atoms with E-state index in [1.807, 2.05) is 53.9 Å². The zero-order valence-corrected chi connectivity index (χ0v) is 18.9. The Morgan fingerprint density at radius 3 is 2.71 bits per heavy atom. The van der Waals surface area contributed by atoms with E-state index in [4.69, 9.17) is 4.74 Å². The number of guanidine groups is 1. The first-order valence-corrected chi connectivity index (χ1v) is 9.25. The predicted octanol–water partition coefficient (Wildman–Crippen LogP) is 3.44. The zero-order valence-electron chi connectivity index (χ0n) is 16.6. The van der Waals surface area contributed by atoms with Gasteiger partial charge in [-0.3, -0.25) is 4.99 Å². The highest BCUT2D eigenvalue weighted by molar-refractivity contribution is 14.0. The number of hydrogen-bond acceptors (Lipinski definition) is 3. The van der Waals surface area contributed by atoms with Crippen molar-refractivity contribution in [2.75, 3.05) is 20.1 Å². The fraction of sp³-hybridized carbons (Fsp3) is 0.333. The Hall–Kier alpha value is -2.29. The van der Waals surface area contributed by atoms with E-state index in [2.05, 4.69) is 39.8 Å². The van der Waals surface area contributed by atoms with Gasteiger partial charge in [-0.15, -0.1) is 24.0 Å².